The standard InChI is InChI=1S/C13H12Br2INS/c1-2-17-13(10-6-18-7-11(10)15)9-5-8(14)3-4-12(9)16/h3-7,13,17H,2H2,1H3. The number of hydrogen-bond acceptors (Lipinski definition) is 2. The molecule has 2 aromatic rings. The number of hydrogen-bond donors (Lipinski definition) is 1. The maximum atomic E-state index is 3.63. The second-order valence-electron chi connectivity index (χ2n) is 3.83. The van der Waals surface area contributed by atoms with E-state index in [-0.39, 0.29) is 6.04 Å². The lowest BCUT2D eigenvalue weighted by molar-refractivity contribution is 0.628. The predicted octanol–water partition coefficient (Wildman–Crippen LogP) is 5.58. The highest BCUT2D eigenvalue weighted by molar-refractivity contribution is 14.1. The van der Waals surface area contributed by atoms with Crippen molar-refractivity contribution in [2.45, 2.75) is 13.0 Å². The van der Waals surface area contributed by atoms with Crippen LogP contribution in [0, 0.1) is 3.57 Å². The first-order valence-electron chi connectivity index (χ1n) is 5.53. The molecule has 0 fully saturated rings. The Morgan fingerprint density at radius 1 is 1.28 bits per heavy atom. The van der Waals surface area contributed by atoms with E-state index in [1.54, 1.807) is 11.3 Å². The molecule has 1 N–H and O–H groups in total. The Hall–Kier alpha value is 0.570. The number of rotatable bonds is 4. The Labute approximate surface area is 142 Å². The van der Waals surface area contributed by atoms with Crippen LogP contribution in [0.5, 0.6) is 0 Å². The van der Waals surface area contributed by atoms with Crippen LogP contribution in [-0.4, -0.2) is 6.54 Å². The Bertz CT molecular complexity index is 542. The van der Waals surface area contributed by atoms with Crippen molar-refractivity contribution in [3.63, 3.8) is 0 Å². The lowest BCUT2D eigenvalue weighted by Crippen LogP contribution is -2.22. The molecule has 0 bridgehead atoms. The summed E-state index contributed by atoms with van der Waals surface area (Å²) in [5, 5.41) is 7.89. The summed E-state index contributed by atoms with van der Waals surface area (Å²) < 4.78 is 3.57. The lowest BCUT2D eigenvalue weighted by atomic mass is 10.0. The lowest BCUT2D eigenvalue weighted by Gasteiger charge is -2.20. The van der Waals surface area contributed by atoms with Crippen molar-refractivity contribution < 1.29 is 0 Å². The van der Waals surface area contributed by atoms with Gasteiger partial charge < -0.3 is 5.32 Å². The van der Waals surface area contributed by atoms with Gasteiger partial charge in [-0.25, -0.2) is 0 Å². The third kappa shape index (κ3) is 3.36. The van der Waals surface area contributed by atoms with Gasteiger partial charge in [-0.2, -0.15) is 11.3 Å². The third-order valence-corrected chi connectivity index (χ3v) is 5.86. The zero-order valence-corrected chi connectivity index (χ0v) is 15.9. The molecule has 1 heterocycles. The van der Waals surface area contributed by atoms with Gasteiger partial charge in [0.05, 0.1) is 6.04 Å². The molecule has 0 spiro atoms. The molecule has 5 heteroatoms. The van der Waals surface area contributed by atoms with Crippen LogP contribution < -0.4 is 5.32 Å². The number of benzene rings is 1. The van der Waals surface area contributed by atoms with E-state index in [1.807, 2.05) is 0 Å². The molecular weight excluding hydrogens is 489 g/mol. The van der Waals surface area contributed by atoms with Crippen molar-refractivity contribution in [3.05, 3.63) is 52.6 Å². The maximum absolute atomic E-state index is 3.63. The normalized spacial score (nSPS) is 12.7. The molecule has 1 atom stereocenters. The predicted molar refractivity (Wildman–Crippen MR) is 94.4 cm³/mol. The highest BCUT2D eigenvalue weighted by Crippen LogP contribution is 2.34. The van der Waals surface area contributed by atoms with Gasteiger partial charge in [-0.15, -0.1) is 0 Å². The third-order valence-electron chi connectivity index (χ3n) is 2.63. The minimum absolute atomic E-state index is 0.236. The number of nitrogens with one attached hydrogen (secondary N) is 1. The van der Waals surface area contributed by atoms with E-state index in [9.17, 15) is 0 Å². The van der Waals surface area contributed by atoms with Crippen molar-refractivity contribution in [2.24, 2.45) is 0 Å². The van der Waals surface area contributed by atoms with Crippen LogP contribution in [0.4, 0.5) is 0 Å². The average Bonchev–Trinajstić information content (AvgIpc) is 2.76. The molecule has 0 radical (unpaired) electrons. The van der Waals surface area contributed by atoms with Crippen LogP contribution in [0.25, 0.3) is 0 Å². The van der Waals surface area contributed by atoms with Crippen LogP contribution in [-0.2, 0) is 0 Å². The molecular formula is C13H12Br2INS. The fraction of sp³-hybridized carbons (Fsp3) is 0.231. The molecule has 2 rings (SSSR count). The van der Waals surface area contributed by atoms with E-state index in [2.05, 4.69) is 95.7 Å². The van der Waals surface area contributed by atoms with Crippen LogP contribution in [0.15, 0.2) is 37.9 Å². The summed E-state index contributed by atoms with van der Waals surface area (Å²) in [6.45, 7) is 3.08. The van der Waals surface area contributed by atoms with Crippen LogP contribution in [0.1, 0.15) is 24.1 Å². The Kier molecular flexibility index (Phi) is 5.68. The van der Waals surface area contributed by atoms with Crippen LogP contribution in [0.3, 0.4) is 0 Å². The second kappa shape index (κ2) is 6.83. The van der Waals surface area contributed by atoms with E-state index in [1.165, 1.54) is 19.2 Å². The monoisotopic (exact) mass is 499 g/mol. The van der Waals surface area contributed by atoms with Gasteiger partial charge in [-0.05, 0) is 79.8 Å². The van der Waals surface area contributed by atoms with Gasteiger partial charge in [0.25, 0.3) is 0 Å². The molecule has 96 valence electrons. The van der Waals surface area contributed by atoms with Crippen LogP contribution >= 0.6 is 65.8 Å². The molecule has 0 aliphatic heterocycles. The molecule has 1 aromatic heterocycles. The molecule has 1 unspecified atom stereocenters. The van der Waals surface area contributed by atoms with E-state index in [4.69, 9.17) is 0 Å². The van der Waals surface area contributed by atoms with Crippen molar-refractivity contribution >= 4 is 65.8 Å². The minimum Gasteiger partial charge on any atom is -0.306 e. The summed E-state index contributed by atoms with van der Waals surface area (Å²) >= 11 is 11.3. The van der Waals surface area contributed by atoms with E-state index in [0.29, 0.717) is 0 Å². The largest absolute Gasteiger partial charge is 0.306 e. The number of halogens is 3. The summed E-state index contributed by atoms with van der Waals surface area (Å²) in [5.41, 5.74) is 2.61. The first kappa shape index (κ1) is 15.0. The van der Waals surface area contributed by atoms with Gasteiger partial charge in [0, 0.05) is 17.9 Å². The van der Waals surface area contributed by atoms with Gasteiger partial charge in [-0.3, -0.25) is 0 Å². The fourth-order valence-corrected chi connectivity index (χ4v) is 4.40. The quantitative estimate of drug-likeness (QED) is 0.541. The molecule has 18 heavy (non-hydrogen) atoms. The van der Waals surface area contributed by atoms with E-state index < -0.39 is 0 Å². The first-order valence-corrected chi connectivity index (χ1v) is 9.14. The molecule has 1 aromatic carbocycles. The zero-order valence-electron chi connectivity index (χ0n) is 9.71. The zero-order chi connectivity index (χ0) is 13.1. The highest BCUT2D eigenvalue weighted by Gasteiger charge is 2.19. The van der Waals surface area contributed by atoms with Gasteiger partial charge >= 0.3 is 0 Å². The topological polar surface area (TPSA) is 12.0 Å². The van der Waals surface area contributed by atoms with Crippen molar-refractivity contribution in [2.75, 3.05) is 6.54 Å². The smallest absolute Gasteiger partial charge is 0.0606 e. The summed E-state index contributed by atoms with van der Waals surface area (Å²) in [6, 6.07) is 6.65. The SMILES string of the molecule is CCNC(c1cscc1Br)c1cc(Br)ccc1I. The maximum Gasteiger partial charge on any atom is 0.0606 e. The minimum atomic E-state index is 0.236. The molecule has 1 nitrogen and oxygen atoms in total. The summed E-state index contributed by atoms with van der Waals surface area (Å²) in [4.78, 5) is 0. The van der Waals surface area contributed by atoms with Gasteiger partial charge in [0.2, 0.25) is 0 Å². The van der Waals surface area contributed by atoms with Crippen molar-refractivity contribution in [1.29, 1.82) is 0 Å². The summed E-state index contributed by atoms with van der Waals surface area (Å²) in [7, 11) is 0. The van der Waals surface area contributed by atoms with E-state index >= 15 is 0 Å². The Morgan fingerprint density at radius 2 is 2.06 bits per heavy atom. The molecule has 0 aliphatic rings. The fourth-order valence-electron chi connectivity index (χ4n) is 1.82. The van der Waals surface area contributed by atoms with Gasteiger partial charge in [0.15, 0.2) is 0 Å². The summed E-state index contributed by atoms with van der Waals surface area (Å²) in [5.74, 6) is 0. The average molecular weight is 501 g/mol. The highest BCUT2D eigenvalue weighted by atomic mass is 127. The van der Waals surface area contributed by atoms with Gasteiger partial charge in [-0.1, -0.05) is 22.9 Å². The molecule has 0 saturated heterocycles. The number of thiophene rings is 1. The Morgan fingerprint density at radius 3 is 2.67 bits per heavy atom. The molecule has 0 aliphatic carbocycles. The Balaban J connectivity index is 2.48. The molecule has 0 saturated carbocycles. The van der Waals surface area contributed by atoms with Gasteiger partial charge in [0.1, 0.15) is 0 Å². The second-order valence-corrected chi connectivity index (χ2v) is 7.51. The van der Waals surface area contributed by atoms with Crippen molar-refractivity contribution in [1.82, 2.24) is 5.32 Å². The van der Waals surface area contributed by atoms with Crippen molar-refractivity contribution in [3.8, 4) is 0 Å². The van der Waals surface area contributed by atoms with E-state index in [0.717, 1.165) is 11.0 Å². The van der Waals surface area contributed by atoms with Crippen LogP contribution in [0.2, 0.25) is 0 Å². The molecule has 0 amide bonds. The first-order chi connectivity index (χ1) is 8.63. The summed E-state index contributed by atoms with van der Waals surface area (Å²) in [6.07, 6.45) is 0.